The number of benzene rings is 1. The van der Waals surface area contributed by atoms with E-state index in [1.165, 1.54) is 6.20 Å². The van der Waals surface area contributed by atoms with Crippen LogP contribution in [0.5, 0.6) is 0 Å². The number of nitrogens with one attached hydrogen (secondary N) is 2. The predicted octanol–water partition coefficient (Wildman–Crippen LogP) is 2.23. The van der Waals surface area contributed by atoms with Gasteiger partial charge in [-0.05, 0) is 23.9 Å². The summed E-state index contributed by atoms with van der Waals surface area (Å²) >= 11 is 0. The molecule has 20 heavy (non-hydrogen) atoms. The molecule has 1 aromatic heterocycles. The fourth-order valence-electron chi connectivity index (χ4n) is 1.98. The lowest BCUT2D eigenvalue weighted by Gasteiger charge is -2.13. The minimum absolute atomic E-state index is 0.0896. The summed E-state index contributed by atoms with van der Waals surface area (Å²) in [6, 6.07) is 7.32. The third kappa shape index (κ3) is 3.03. The fraction of sp³-hybridized carbons (Fsp3) is 0.214. The molecule has 0 saturated heterocycles. The molecule has 0 unspecified atom stereocenters. The monoisotopic (exact) mass is 271 g/mol. The van der Waals surface area contributed by atoms with Gasteiger partial charge in [0.15, 0.2) is 0 Å². The zero-order valence-corrected chi connectivity index (χ0v) is 11.5. The number of aromatic nitrogens is 3. The molecule has 0 aliphatic heterocycles. The molecule has 0 radical (unpaired) electrons. The normalized spacial score (nSPS) is 11.7. The summed E-state index contributed by atoms with van der Waals surface area (Å²) in [6.45, 7) is 5.49. The van der Waals surface area contributed by atoms with Gasteiger partial charge < -0.3 is 15.2 Å². The quantitative estimate of drug-likeness (QED) is 0.895. The van der Waals surface area contributed by atoms with E-state index in [4.69, 9.17) is 0 Å². The highest BCUT2D eigenvalue weighted by Gasteiger charge is 2.14. The van der Waals surface area contributed by atoms with E-state index in [1.807, 2.05) is 42.8 Å². The molecule has 2 amide bonds. The Morgan fingerprint density at radius 1 is 1.50 bits per heavy atom. The van der Waals surface area contributed by atoms with Crippen LogP contribution in [0, 0.1) is 0 Å². The van der Waals surface area contributed by atoms with Crippen LogP contribution in [-0.4, -0.2) is 20.8 Å². The maximum atomic E-state index is 11.5. The van der Waals surface area contributed by atoms with Gasteiger partial charge in [0.2, 0.25) is 0 Å². The molecule has 2 rings (SSSR count). The Balaban J connectivity index is 2.19. The maximum absolute atomic E-state index is 11.5. The van der Waals surface area contributed by atoms with Gasteiger partial charge >= 0.3 is 6.03 Å². The number of nitrogens with zero attached hydrogens (tertiary/aromatic N) is 3. The molecule has 104 valence electrons. The third-order valence-corrected chi connectivity index (χ3v) is 3.01. The standard InChI is InChI=1S/C14H17N5O/c1-4-15-14(20)17-12-7-5-6-11(8-12)10(2)13-18-16-9-19(13)3/h4-10H,1H2,2-3H3,(H2,15,17,20)/t10-/m0/s1. The predicted molar refractivity (Wildman–Crippen MR) is 77.3 cm³/mol. The Morgan fingerprint density at radius 2 is 2.30 bits per heavy atom. The molecule has 0 aliphatic carbocycles. The van der Waals surface area contributed by atoms with Gasteiger partial charge in [-0.2, -0.15) is 0 Å². The Kier molecular flexibility index (Phi) is 4.14. The largest absolute Gasteiger partial charge is 0.323 e. The van der Waals surface area contributed by atoms with E-state index < -0.39 is 0 Å². The van der Waals surface area contributed by atoms with E-state index in [9.17, 15) is 4.79 Å². The summed E-state index contributed by atoms with van der Waals surface area (Å²) in [4.78, 5) is 11.5. The summed E-state index contributed by atoms with van der Waals surface area (Å²) in [6.07, 6.45) is 3.01. The molecule has 6 nitrogen and oxygen atoms in total. The van der Waals surface area contributed by atoms with Crippen molar-refractivity contribution < 1.29 is 4.79 Å². The molecular formula is C14H17N5O. The number of hydrogen-bond acceptors (Lipinski definition) is 3. The third-order valence-electron chi connectivity index (χ3n) is 3.01. The Hall–Kier alpha value is -2.63. The second kappa shape index (κ2) is 6.01. The average Bonchev–Trinajstić information content (AvgIpc) is 2.84. The van der Waals surface area contributed by atoms with Crippen LogP contribution in [0.15, 0.2) is 43.4 Å². The van der Waals surface area contributed by atoms with Crippen molar-refractivity contribution in [2.24, 2.45) is 7.05 Å². The van der Waals surface area contributed by atoms with E-state index in [2.05, 4.69) is 27.4 Å². The molecule has 2 N–H and O–H groups in total. The summed E-state index contributed by atoms with van der Waals surface area (Å²) in [7, 11) is 1.91. The number of carbonyl (C=O) groups excluding carboxylic acids is 1. The lowest BCUT2D eigenvalue weighted by molar-refractivity contribution is 0.255. The van der Waals surface area contributed by atoms with Gasteiger partial charge in [-0.1, -0.05) is 25.6 Å². The second-order valence-electron chi connectivity index (χ2n) is 4.45. The summed E-state index contributed by atoms with van der Waals surface area (Å²) in [5.74, 6) is 0.962. The molecule has 0 spiro atoms. The second-order valence-corrected chi connectivity index (χ2v) is 4.45. The molecule has 1 heterocycles. The van der Waals surface area contributed by atoms with Crippen molar-refractivity contribution in [3.05, 3.63) is 54.8 Å². The van der Waals surface area contributed by atoms with Crippen molar-refractivity contribution >= 4 is 11.7 Å². The van der Waals surface area contributed by atoms with E-state index in [0.717, 1.165) is 17.1 Å². The lowest BCUT2D eigenvalue weighted by Crippen LogP contribution is -2.23. The average molecular weight is 271 g/mol. The van der Waals surface area contributed by atoms with Crippen LogP contribution in [-0.2, 0) is 7.05 Å². The number of amides is 2. The first kappa shape index (κ1) is 13.8. The molecule has 0 aliphatic rings. The fourth-order valence-corrected chi connectivity index (χ4v) is 1.98. The smallest absolute Gasteiger partial charge is 0.320 e. The van der Waals surface area contributed by atoms with Crippen LogP contribution < -0.4 is 10.6 Å². The van der Waals surface area contributed by atoms with Crippen molar-refractivity contribution in [3.8, 4) is 0 Å². The first-order valence-corrected chi connectivity index (χ1v) is 6.24. The first-order valence-electron chi connectivity index (χ1n) is 6.24. The summed E-state index contributed by atoms with van der Waals surface area (Å²) < 4.78 is 1.88. The molecule has 1 atom stereocenters. The topological polar surface area (TPSA) is 71.8 Å². The molecular weight excluding hydrogens is 254 g/mol. The molecule has 0 bridgehead atoms. The van der Waals surface area contributed by atoms with Crippen molar-refractivity contribution in [1.82, 2.24) is 20.1 Å². The molecule has 0 saturated carbocycles. The van der Waals surface area contributed by atoms with Crippen LogP contribution in [0.3, 0.4) is 0 Å². The maximum Gasteiger partial charge on any atom is 0.323 e. The lowest BCUT2D eigenvalue weighted by atomic mass is 10.00. The highest BCUT2D eigenvalue weighted by atomic mass is 16.2. The highest BCUT2D eigenvalue weighted by molar-refractivity contribution is 5.89. The van der Waals surface area contributed by atoms with Crippen LogP contribution in [0.4, 0.5) is 10.5 Å². The van der Waals surface area contributed by atoms with Gasteiger partial charge in [-0.15, -0.1) is 10.2 Å². The zero-order valence-electron chi connectivity index (χ0n) is 11.5. The van der Waals surface area contributed by atoms with Crippen molar-refractivity contribution in [3.63, 3.8) is 0 Å². The highest BCUT2D eigenvalue weighted by Crippen LogP contribution is 2.24. The zero-order chi connectivity index (χ0) is 14.5. The molecule has 1 aromatic carbocycles. The van der Waals surface area contributed by atoms with E-state index in [-0.39, 0.29) is 11.9 Å². The van der Waals surface area contributed by atoms with Crippen LogP contribution in [0.25, 0.3) is 0 Å². The first-order chi connectivity index (χ1) is 9.61. The number of rotatable bonds is 4. The van der Waals surface area contributed by atoms with Crippen molar-refractivity contribution in [2.45, 2.75) is 12.8 Å². The SMILES string of the molecule is C=CNC(=O)Nc1cccc([C@H](C)c2nncn2C)c1. The van der Waals surface area contributed by atoms with Gasteiger partial charge in [0.05, 0.1) is 0 Å². The molecule has 0 fully saturated rings. The molecule has 2 aromatic rings. The Morgan fingerprint density at radius 3 is 2.95 bits per heavy atom. The molecule has 6 heteroatoms. The van der Waals surface area contributed by atoms with Gasteiger partial charge in [0, 0.05) is 18.7 Å². The minimum atomic E-state index is -0.316. The number of hydrogen-bond donors (Lipinski definition) is 2. The van der Waals surface area contributed by atoms with Crippen molar-refractivity contribution in [2.75, 3.05) is 5.32 Å². The van der Waals surface area contributed by atoms with Crippen molar-refractivity contribution in [1.29, 1.82) is 0 Å². The van der Waals surface area contributed by atoms with Gasteiger partial charge in [0.1, 0.15) is 12.2 Å². The summed E-state index contributed by atoms with van der Waals surface area (Å²) in [5.41, 5.74) is 1.77. The number of anilines is 1. The minimum Gasteiger partial charge on any atom is -0.320 e. The Bertz CT molecular complexity index is 620. The number of aryl methyl sites for hydroxylation is 1. The van der Waals surface area contributed by atoms with Crippen LogP contribution >= 0.6 is 0 Å². The number of urea groups is 1. The van der Waals surface area contributed by atoms with E-state index >= 15 is 0 Å². The van der Waals surface area contributed by atoms with Gasteiger partial charge in [-0.25, -0.2) is 4.79 Å². The van der Waals surface area contributed by atoms with Crippen LogP contribution in [0.1, 0.15) is 24.2 Å². The summed E-state index contributed by atoms with van der Waals surface area (Å²) in [5, 5.41) is 13.2. The van der Waals surface area contributed by atoms with Gasteiger partial charge in [-0.3, -0.25) is 0 Å². The van der Waals surface area contributed by atoms with Crippen LogP contribution in [0.2, 0.25) is 0 Å². The van der Waals surface area contributed by atoms with E-state index in [0.29, 0.717) is 0 Å². The van der Waals surface area contributed by atoms with E-state index in [1.54, 1.807) is 6.33 Å². The van der Waals surface area contributed by atoms with Gasteiger partial charge in [0.25, 0.3) is 0 Å². The Labute approximate surface area is 117 Å². The number of carbonyl (C=O) groups is 1.